The van der Waals surface area contributed by atoms with Gasteiger partial charge in [-0.3, -0.25) is 4.79 Å². The summed E-state index contributed by atoms with van der Waals surface area (Å²) < 4.78 is 0. The molecule has 1 aromatic heterocycles. The molecule has 2 atom stereocenters. The molecule has 0 radical (unpaired) electrons. The number of nitrogens with one attached hydrogen (secondary N) is 1. The van der Waals surface area contributed by atoms with E-state index in [1.807, 2.05) is 0 Å². The fraction of sp³-hybridized carbons (Fsp3) is 0.615. The van der Waals surface area contributed by atoms with Crippen LogP contribution < -0.4 is 5.32 Å². The maximum Gasteiger partial charge on any atom is 0.228 e. The van der Waals surface area contributed by atoms with Crippen molar-refractivity contribution in [2.45, 2.75) is 12.8 Å². The van der Waals surface area contributed by atoms with E-state index in [0.717, 1.165) is 25.9 Å². The van der Waals surface area contributed by atoms with Crippen molar-refractivity contribution in [3.05, 3.63) is 17.3 Å². The first kappa shape index (κ1) is 12.8. The lowest BCUT2D eigenvalue weighted by Gasteiger charge is -2.14. The average molecular weight is 281 g/mol. The van der Waals surface area contributed by atoms with E-state index in [1.165, 1.54) is 0 Å². The van der Waals surface area contributed by atoms with Gasteiger partial charge in [0.15, 0.2) is 11.0 Å². The van der Waals surface area contributed by atoms with Gasteiger partial charge in [-0.25, -0.2) is 0 Å². The van der Waals surface area contributed by atoms with Crippen LogP contribution in [0.3, 0.4) is 0 Å². The van der Waals surface area contributed by atoms with E-state index in [0.29, 0.717) is 22.8 Å². The first-order chi connectivity index (χ1) is 9.11. The van der Waals surface area contributed by atoms with Gasteiger partial charge in [-0.2, -0.15) is 0 Å². The Balaban J connectivity index is 1.59. The van der Waals surface area contributed by atoms with Crippen LogP contribution in [0.1, 0.15) is 12.8 Å². The molecule has 1 amide bonds. The lowest BCUT2D eigenvalue weighted by Crippen LogP contribution is -2.24. The second-order valence-electron chi connectivity index (χ2n) is 5.64. The van der Waals surface area contributed by atoms with Gasteiger partial charge in [-0.05, 0) is 43.9 Å². The minimum absolute atomic E-state index is 0.0636. The lowest BCUT2D eigenvalue weighted by atomic mass is 10.0. The molecule has 102 valence electrons. The highest BCUT2D eigenvalue weighted by Crippen LogP contribution is 2.41. The summed E-state index contributed by atoms with van der Waals surface area (Å²) in [6, 6.07) is 3.30. The average Bonchev–Trinajstić information content (AvgIpc) is 2.89. The molecule has 2 aliphatic rings. The molecule has 1 aliphatic carbocycles. The Kier molecular flexibility index (Phi) is 3.41. The highest BCUT2D eigenvalue weighted by molar-refractivity contribution is 6.29. The van der Waals surface area contributed by atoms with Gasteiger partial charge in [-0.15, -0.1) is 10.2 Å². The summed E-state index contributed by atoms with van der Waals surface area (Å²) >= 11 is 5.66. The van der Waals surface area contributed by atoms with Crippen LogP contribution in [0.4, 0.5) is 5.82 Å². The Hall–Kier alpha value is -1.20. The van der Waals surface area contributed by atoms with Crippen molar-refractivity contribution in [2.75, 3.05) is 25.5 Å². The Labute approximate surface area is 117 Å². The highest BCUT2D eigenvalue weighted by Gasteiger charge is 2.42. The number of likely N-dealkylation sites (tertiary alicyclic amines) is 1. The minimum atomic E-state index is 0.0636. The normalized spacial score (nSPS) is 30.3. The van der Waals surface area contributed by atoms with Crippen LogP contribution in [0.25, 0.3) is 0 Å². The van der Waals surface area contributed by atoms with Crippen LogP contribution in [0, 0.1) is 17.8 Å². The Bertz CT molecular complexity index is 464. The first-order valence-corrected chi connectivity index (χ1v) is 6.98. The molecule has 2 unspecified atom stereocenters. The fourth-order valence-corrected chi connectivity index (χ4v) is 3.46. The molecule has 19 heavy (non-hydrogen) atoms. The minimum Gasteiger partial charge on any atom is -0.309 e. The van der Waals surface area contributed by atoms with Gasteiger partial charge >= 0.3 is 0 Å². The summed E-state index contributed by atoms with van der Waals surface area (Å²) in [5, 5.41) is 10.7. The van der Waals surface area contributed by atoms with Gasteiger partial charge in [0.1, 0.15) is 0 Å². The van der Waals surface area contributed by atoms with Crippen molar-refractivity contribution in [1.82, 2.24) is 15.1 Å². The molecule has 0 bridgehead atoms. The topological polar surface area (TPSA) is 58.1 Å². The van der Waals surface area contributed by atoms with E-state index in [2.05, 4.69) is 27.5 Å². The van der Waals surface area contributed by atoms with Crippen molar-refractivity contribution >= 4 is 23.3 Å². The molecule has 2 heterocycles. The monoisotopic (exact) mass is 280 g/mol. The zero-order chi connectivity index (χ0) is 13.4. The van der Waals surface area contributed by atoms with Crippen molar-refractivity contribution in [2.24, 2.45) is 17.8 Å². The third kappa shape index (κ3) is 2.72. The zero-order valence-corrected chi connectivity index (χ0v) is 11.6. The summed E-state index contributed by atoms with van der Waals surface area (Å²) in [5.74, 6) is 2.01. The van der Waals surface area contributed by atoms with E-state index >= 15 is 0 Å². The first-order valence-electron chi connectivity index (χ1n) is 6.60. The molecule has 0 aromatic carbocycles. The number of aromatic nitrogens is 2. The number of hydrogen-bond donors (Lipinski definition) is 1. The molecule has 1 saturated carbocycles. The van der Waals surface area contributed by atoms with Crippen molar-refractivity contribution in [3.8, 4) is 0 Å². The summed E-state index contributed by atoms with van der Waals surface area (Å²) in [4.78, 5) is 14.5. The standard InChI is InChI=1S/C13H17ClN4O/c1-18-6-9-4-8(5-10(9)7-18)13(19)15-12-3-2-11(14)16-17-12/h2-3,8-10H,4-7H2,1H3,(H,15,17,19). The predicted octanol–water partition coefficient (Wildman–Crippen LogP) is 1.66. The van der Waals surface area contributed by atoms with Crippen molar-refractivity contribution < 1.29 is 4.79 Å². The number of amides is 1. The molecule has 5 nitrogen and oxygen atoms in total. The lowest BCUT2D eigenvalue weighted by molar-refractivity contribution is -0.119. The Morgan fingerprint density at radius 3 is 2.58 bits per heavy atom. The number of carbonyl (C=O) groups is 1. The molecule has 1 N–H and O–H groups in total. The summed E-state index contributed by atoms with van der Waals surface area (Å²) in [7, 11) is 2.15. The van der Waals surface area contributed by atoms with Gasteiger partial charge in [0.25, 0.3) is 0 Å². The summed E-state index contributed by atoms with van der Waals surface area (Å²) in [6.07, 6.45) is 1.98. The van der Waals surface area contributed by atoms with Crippen LogP contribution in [-0.2, 0) is 4.79 Å². The largest absolute Gasteiger partial charge is 0.309 e. The van der Waals surface area contributed by atoms with Crippen LogP contribution >= 0.6 is 11.6 Å². The third-order valence-corrected chi connectivity index (χ3v) is 4.39. The predicted molar refractivity (Wildman–Crippen MR) is 72.9 cm³/mol. The second-order valence-corrected chi connectivity index (χ2v) is 6.03. The summed E-state index contributed by atoms with van der Waals surface area (Å²) in [6.45, 7) is 2.24. The number of halogens is 1. The number of hydrogen-bond acceptors (Lipinski definition) is 4. The zero-order valence-electron chi connectivity index (χ0n) is 10.8. The maximum absolute atomic E-state index is 12.2. The van der Waals surface area contributed by atoms with Gasteiger partial charge < -0.3 is 10.2 Å². The van der Waals surface area contributed by atoms with Crippen LogP contribution in [-0.4, -0.2) is 41.1 Å². The molecule has 2 fully saturated rings. The SMILES string of the molecule is CN1CC2CC(C(=O)Nc3ccc(Cl)nn3)CC2C1. The van der Waals surface area contributed by atoms with Gasteiger partial charge in [0.05, 0.1) is 0 Å². The number of anilines is 1. The van der Waals surface area contributed by atoms with Crippen molar-refractivity contribution in [1.29, 1.82) is 0 Å². The van der Waals surface area contributed by atoms with E-state index in [1.54, 1.807) is 12.1 Å². The van der Waals surface area contributed by atoms with Crippen LogP contribution in [0.15, 0.2) is 12.1 Å². The number of nitrogens with zero attached hydrogens (tertiary/aromatic N) is 3. The van der Waals surface area contributed by atoms with E-state index < -0.39 is 0 Å². The Morgan fingerprint density at radius 1 is 1.32 bits per heavy atom. The molecule has 1 saturated heterocycles. The smallest absolute Gasteiger partial charge is 0.228 e. The molecule has 6 heteroatoms. The fourth-order valence-electron chi connectivity index (χ4n) is 3.36. The van der Waals surface area contributed by atoms with Crippen molar-refractivity contribution in [3.63, 3.8) is 0 Å². The Morgan fingerprint density at radius 2 is 2.00 bits per heavy atom. The number of carbonyl (C=O) groups excluding carboxylic acids is 1. The molecular formula is C13H17ClN4O. The molecule has 0 spiro atoms. The maximum atomic E-state index is 12.2. The van der Waals surface area contributed by atoms with Gasteiger partial charge in [-0.1, -0.05) is 11.6 Å². The number of fused-ring (bicyclic) bond motifs is 1. The third-order valence-electron chi connectivity index (χ3n) is 4.19. The molecular weight excluding hydrogens is 264 g/mol. The van der Waals surface area contributed by atoms with E-state index in [9.17, 15) is 4.79 Å². The number of rotatable bonds is 2. The van der Waals surface area contributed by atoms with Crippen LogP contribution in [0.5, 0.6) is 0 Å². The van der Waals surface area contributed by atoms with Crippen LogP contribution in [0.2, 0.25) is 5.15 Å². The van der Waals surface area contributed by atoms with Gasteiger partial charge in [0.2, 0.25) is 5.91 Å². The highest BCUT2D eigenvalue weighted by atomic mass is 35.5. The second kappa shape index (κ2) is 5.06. The molecule has 1 aliphatic heterocycles. The van der Waals surface area contributed by atoms with E-state index in [-0.39, 0.29) is 11.8 Å². The summed E-state index contributed by atoms with van der Waals surface area (Å²) in [5.41, 5.74) is 0. The molecule has 1 aromatic rings. The quantitative estimate of drug-likeness (QED) is 0.895. The molecule has 3 rings (SSSR count). The van der Waals surface area contributed by atoms with E-state index in [4.69, 9.17) is 11.6 Å². The van der Waals surface area contributed by atoms with Gasteiger partial charge in [0, 0.05) is 19.0 Å².